The van der Waals surface area contributed by atoms with Gasteiger partial charge in [-0.25, -0.2) is 0 Å². The van der Waals surface area contributed by atoms with Gasteiger partial charge in [-0.1, -0.05) is 19.1 Å². The molecule has 0 fully saturated rings. The van der Waals surface area contributed by atoms with Crippen LogP contribution >= 0.6 is 12.4 Å². The summed E-state index contributed by atoms with van der Waals surface area (Å²) in [6.07, 6.45) is 1.04. The van der Waals surface area contributed by atoms with Crippen LogP contribution in [0.4, 0.5) is 0 Å². The summed E-state index contributed by atoms with van der Waals surface area (Å²) in [4.78, 5) is 0. The van der Waals surface area contributed by atoms with E-state index < -0.39 is 0 Å². The van der Waals surface area contributed by atoms with E-state index in [1.165, 1.54) is 0 Å². The summed E-state index contributed by atoms with van der Waals surface area (Å²) < 4.78 is 9.17. The largest absolute Gasteiger partial charge is 0.383 e. The number of nitrogens with one attached hydrogen (secondary N) is 1. The smallest absolute Gasteiger partial charge is 0.203 e. The van der Waals surface area contributed by atoms with Crippen LogP contribution in [0.1, 0.15) is 13.3 Å². The molecule has 0 radical (unpaired) electrons. The molecule has 0 saturated heterocycles. The lowest BCUT2D eigenvalue weighted by Crippen LogP contribution is -2.25. The quantitative estimate of drug-likeness (QED) is 0.890. The summed E-state index contributed by atoms with van der Waals surface area (Å²) in [6, 6.07) is 8.18. The molecule has 4 nitrogen and oxygen atoms in total. The second kappa shape index (κ2) is 6.61. The molecule has 18 heavy (non-hydrogen) atoms. The lowest BCUT2D eigenvalue weighted by Gasteiger charge is -2.03. The molecule has 0 amide bonds. The van der Waals surface area contributed by atoms with Gasteiger partial charge in [0, 0.05) is 20.2 Å². The minimum absolute atomic E-state index is 0. The van der Waals surface area contributed by atoms with Crippen molar-refractivity contribution < 1.29 is 4.74 Å². The lowest BCUT2D eigenvalue weighted by molar-refractivity contribution is 0.186. The van der Waals surface area contributed by atoms with Crippen molar-refractivity contribution in [3.05, 3.63) is 29.9 Å². The van der Waals surface area contributed by atoms with E-state index in [-0.39, 0.29) is 12.4 Å². The first-order valence-corrected chi connectivity index (χ1v) is 6.01. The number of hydrogen-bond donors (Lipinski definition) is 1. The number of halogens is 1. The molecular formula is C13H20ClN3O. The Bertz CT molecular complexity index is 559. The summed E-state index contributed by atoms with van der Waals surface area (Å²) in [6.45, 7) is 4.39. The minimum atomic E-state index is 0. The number of rotatable bonds is 5. The molecule has 0 aliphatic carbocycles. The molecule has 0 spiro atoms. The first-order valence-electron chi connectivity index (χ1n) is 6.01. The molecule has 5 heteroatoms. The van der Waals surface area contributed by atoms with Gasteiger partial charge in [-0.15, -0.1) is 12.4 Å². The number of hydrogen-bond acceptors (Lipinski definition) is 2. The maximum atomic E-state index is 8.23. The Balaban J connectivity index is 0.00000162. The highest BCUT2D eigenvalue weighted by molar-refractivity contribution is 5.85. The number of benzene rings is 1. The van der Waals surface area contributed by atoms with Crippen molar-refractivity contribution >= 4 is 23.4 Å². The van der Waals surface area contributed by atoms with Crippen molar-refractivity contribution in [2.75, 3.05) is 13.7 Å². The molecule has 0 aliphatic rings. The number of ether oxygens (including phenoxy) is 1. The first kappa shape index (κ1) is 14.8. The van der Waals surface area contributed by atoms with Crippen LogP contribution in [-0.2, 0) is 17.8 Å². The highest BCUT2D eigenvalue weighted by atomic mass is 35.5. The van der Waals surface area contributed by atoms with Gasteiger partial charge in [0.1, 0.15) is 0 Å². The minimum Gasteiger partial charge on any atom is -0.383 e. The maximum absolute atomic E-state index is 8.23. The van der Waals surface area contributed by atoms with E-state index in [1.54, 1.807) is 7.11 Å². The van der Waals surface area contributed by atoms with Gasteiger partial charge in [-0.3, -0.25) is 5.41 Å². The average molecular weight is 270 g/mol. The molecule has 0 unspecified atom stereocenters. The van der Waals surface area contributed by atoms with Crippen molar-refractivity contribution in [3.63, 3.8) is 0 Å². The van der Waals surface area contributed by atoms with Crippen LogP contribution in [0.15, 0.2) is 24.3 Å². The third-order valence-electron chi connectivity index (χ3n) is 2.94. The molecule has 0 bridgehead atoms. The van der Waals surface area contributed by atoms with E-state index in [9.17, 15) is 0 Å². The third kappa shape index (κ3) is 2.60. The van der Waals surface area contributed by atoms with Gasteiger partial charge in [0.2, 0.25) is 5.62 Å². The van der Waals surface area contributed by atoms with Crippen molar-refractivity contribution in [1.82, 2.24) is 9.13 Å². The second-order valence-corrected chi connectivity index (χ2v) is 4.11. The van der Waals surface area contributed by atoms with Gasteiger partial charge in [-0.2, -0.15) is 0 Å². The molecule has 1 N–H and O–H groups in total. The van der Waals surface area contributed by atoms with Crippen LogP contribution in [0.3, 0.4) is 0 Å². The summed E-state index contributed by atoms with van der Waals surface area (Å²) in [5.74, 6) is 0. The van der Waals surface area contributed by atoms with Gasteiger partial charge in [0.15, 0.2) is 0 Å². The van der Waals surface area contributed by atoms with Crippen molar-refractivity contribution in [2.45, 2.75) is 26.4 Å². The van der Waals surface area contributed by atoms with Gasteiger partial charge in [0.25, 0.3) is 0 Å². The molecule has 0 atom stereocenters. The monoisotopic (exact) mass is 269 g/mol. The third-order valence-corrected chi connectivity index (χ3v) is 2.94. The molecule has 0 aliphatic heterocycles. The fourth-order valence-electron chi connectivity index (χ4n) is 2.15. The van der Waals surface area contributed by atoms with Crippen LogP contribution in [-0.4, -0.2) is 22.9 Å². The number of para-hydroxylation sites is 2. The highest BCUT2D eigenvalue weighted by Crippen LogP contribution is 2.12. The molecule has 1 heterocycles. The van der Waals surface area contributed by atoms with Crippen LogP contribution in [0.5, 0.6) is 0 Å². The van der Waals surface area contributed by atoms with Crippen molar-refractivity contribution in [1.29, 1.82) is 5.41 Å². The van der Waals surface area contributed by atoms with Crippen molar-refractivity contribution in [3.8, 4) is 0 Å². The molecule has 2 aromatic rings. The Morgan fingerprint density at radius 1 is 1.11 bits per heavy atom. The lowest BCUT2D eigenvalue weighted by atomic mass is 10.3. The number of methoxy groups -OCH3 is 1. The SMILES string of the molecule is CCCn1c(=N)n(CCOC)c2ccccc21.Cl. The molecule has 1 aromatic carbocycles. The Morgan fingerprint density at radius 2 is 1.67 bits per heavy atom. The summed E-state index contributed by atoms with van der Waals surface area (Å²) in [5.41, 5.74) is 2.81. The average Bonchev–Trinajstić information content (AvgIpc) is 2.61. The molecule has 2 rings (SSSR count). The molecule has 100 valence electrons. The van der Waals surface area contributed by atoms with E-state index in [0.717, 1.165) is 30.5 Å². The van der Waals surface area contributed by atoms with Crippen LogP contribution in [0.25, 0.3) is 11.0 Å². The number of imidazole rings is 1. The van der Waals surface area contributed by atoms with E-state index in [4.69, 9.17) is 10.1 Å². The zero-order valence-electron chi connectivity index (χ0n) is 10.8. The zero-order valence-corrected chi connectivity index (χ0v) is 11.7. The van der Waals surface area contributed by atoms with E-state index >= 15 is 0 Å². The van der Waals surface area contributed by atoms with Gasteiger partial charge in [-0.05, 0) is 18.6 Å². The van der Waals surface area contributed by atoms with E-state index in [1.807, 2.05) is 16.7 Å². The first-order chi connectivity index (χ1) is 8.29. The fraction of sp³-hybridized carbons (Fsp3) is 0.462. The number of aryl methyl sites for hydroxylation is 1. The number of aromatic nitrogens is 2. The molecule has 1 aromatic heterocycles. The number of fused-ring (bicyclic) bond motifs is 1. The Hall–Kier alpha value is -1.26. The van der Waals surface area contributed by atoms with E-state index in [0.29, 0.717) is 12.2 Å². The van der Waals surface area contributed by atoms with Crippen LogP contribution in [0, 0.1) is 5.41 Å². The Kier molecular flexibility index (Phi) is 5.44. The number of nitrogens with zero attached hydrogens (tertiary/aromatic N) is 2. The normalized spacial score (nSPS) is 10.6. The van der Waals surface area contributed by atoms with Gasteiger partial charge < -0.3 is 13.9 Å². The summed E-state index contributed by atoms with van der Waals surface area (Å²) in [5, 5.41) is 8.23. The maximum Gasteiger partial charge on any atom is 0.203 e. The van der Waals surface area contributed by atoms with Crippen molar-refractivity contribution in [2.24, 2.45) is 0 Å². The molecular weight excluding hydrogens is 250 g/mol. The second-order valence-electron chi connectivity index (χ2n) is 4.11. The summed E-state index contributed by atoms with van der Waals surface area (Å²) in [7, 11) is 1.69. The van der Waals surface area contributed by atoms with Gasteiger partial charge >= 0.3 is 0 Å². The van der Waals surface area contributed by atoms with Gasteiger partial charge in [0.05, 0.1) is 17.6 Å². The fourth-order valence-corrected chi connectivity index (χ4v) is 2.15. The predicted molar refractivity (Wildman–Crippen MR) is 75.2 cm³/mol. The predicted octanol–water partition coefficient (Wildman–Crippen LogP) is 2.40. The zero-order chi connectivity index (χ0) is 12.3. The van der Waals surface area contributed by atoms with Crippen LogP contribution in [0.2, 0.25) is 0 Å². The standard InChI is InChI=1S/C13H19N3O.ClH/c1-3-8-15-11-6-4-5-7-12(11)16(13(15)14)9-10-17-2;/h4-7,14H,3,8-10H2,1-2H3;1H. The topological polar surface area (TPSA) is 42.9 Å². The molecule has 0 saturated carbocycles. The van der Waals surface area contributed by atoms with E-state index in [2.05, 4.69) is 23.6 Å². The summed E-state index contributed by atoms with van der Waals surface area (Å²) >= 11 is 0. The highest BCUT2D eigenvalue weighted by Gasteiger charge is 2.08. The Labute approximate surface area is 113 Å². The van der Waals surface area contributed by atoms with Crippen LogP contribution < -0.4 is 5.62 Å². The Morgan fingerprint density at radius 3 is 2.17 bits per heavy atom.